The van der Waals surface area contributed by atoms with Crippen molar-refractivity contribution in [3.63, 3.8) is 0 Å². The average Bonchev–Trinajstić information content (AvgIpc) is 3.09. The van der Waals surface area contributed by atoms with E-state index in [4.69, 9.17) is 0 Å². The Bertz CT molecular complexity index is 919. The molecule has 1 heteroatoms. The zero-order chi connectivity index (χ0) is 16.4. The highest BCUT2D eigenvalue weighted by molar-refractivity contribution is 6.86. The SMILES string of the molecule is Cc1cccc([Si]2=CC(c3ccccc3)=C(c3ccccc3)C2)c1. The molecule has 0 fully saturated rings. The van der Waals surface area contributed by atoms with E-state index in [1.807, 2.05) is 0 Å². The Morgan fingerprint density at radius 1 is 0.708 bits per heavy atom. The fourth-order valence-corrected chi connectivity index (χ4v) is 6.06. The van der Waals surface area contributed by atoms with Gasteiger partial charge in [-0.05, 0) is 40.4 Å². The zero-order valence-electron chi connectivity index (χ0n) is 13.9. The summed E-state index contributed by atoms with van der Waals surface area (Å²) in [6.07, 6.45) is 0. The Hall–Kier alpha value is -2.51. The van der Waals surface area contributed by atoms with E-state index in [9.17, 15) is 0 Å². The maximum Gasteiger partial charge on any atom is 0.0510 e. The molecule has 0 spiro atoms. The number of allylic oxidation sites excluding steroid dienone is 2. The highest BCUT2D eigenvalue weighted by atomic mass is 28.2. The third kappa shape index (κ3) is 2.95. The Morgan fingerprint density at radius 3 is 2.04 bits per heavy atom. The second-order valence-corrected chi connectivity index (χ2v) is 8.61. The zero-order valence-corrected chi connectivity index (χ0v) is 14.9. The van der Waals surface area contributed by atoms with Gasteiger partial charge in [-0.1, -0.05) is 96.2 Å². The number of hydrogen-bond donors (Lipinski definition) is 0. The summed E-state index contributed by atoms with van der Waals surface area (Å²) in [6.45, 7) is 2.19. The highest BCUT2D eigenvalue weighted by Gasteiger charge is 2.20. The molecule has 3 aromatic rings. The summed E-state index contributed by atoms with van der Waals surface area (Å²) < 4.78 is 0. The van der Waals surface area contributed by atoms with Crippen molar-refractivity contribution in [1.82, 2.24) is 0 Å². The summed E-state index contributed by atoms with van der Waals surface area (Å²) in [6, 6.07) is 31.9. The van der Waals surface area contributed by atoms with Gasteiger partial charge in [0.15, 0.2) is 0 Å². The van der Waals surface area contributed by atoms with Crippen LogP contribution >= 0.6 is 0 Å². The normalized spacial score (nSPS) is 14.0. The van der Waals surface area contributed by atoms with Gasteiger partial charge >= 0.3 is 0 Å². The van der Waals surface area contributed by atoms with E-state index in [-0.39, 0.29) is 0 Å². The van der Waals surface area contributed by atoms with Gasteiger partial charge in [0, 0.05) is 0 Å². The molecule has 4 rings (SSSR count). The summed E-state index contributed by atoms with van der Waals surface area (Å²) in [5.74, 6) is 0. The second-order valence-electron chi connectivity index (χ2n) is 6.34. The molecule has 0 unspecified atom stereocenters. The third-order valence-corrected chi connectivity index (χ3v) is 7.03. The van der Waals surface area contributed by atoms with Crippen molar-refractivity contribution in [2.75, 3.05) is 0 Å². The first kappa shape index (κ1) is 15.0. The van der Waals surface area contributed by atoms with E-state index in [0.717, 1.165) is 0 Å². The van der Waals surface area contributed by atoms with Gasteiger partial charge in [0.25, 0.3) is 0 Å². The lowest BCUT2D eigenvalue weighted by atomic mass is 9.97. The maximum absolute atomic E-state index is 2.55. The van der Waals surface area contributed by atoms with Crippen molar-refractivity contribution in [2.45, 2.75) is 13.0 Å². The monoisotopic (exact) mass is 324 g/mol. The van der Waals surface area contributed by atoms with Crippen LogP contribution in [0.3, 0.4) is 0 Å². The predicted octanol–water partition coefficient (Wildman–Crippen LogP) is 4.71. The first-order valence-corrected chi connectivity index (χ1v) is 10.2. The summed E-state index contributed by atoms with van der Waals surface area (Å²) >= 11 is 0. The van der Waals surface area contributed by atoms with E-state index in [1.54, 1.807) is 0 Å². The van der Waals surface area contributed by atoms with Crippen LogP contribution in [0.1, 0.15) is 16.7 Å². The number of hydrogen-bond acceptors (Lipinski definition) is 0. The third-order valence-electron chi connectivity index (χ3n) is 4.61. The minimum Gasteiger partial charge on any atom is -0.0689 e. The van der Waals surface area contributed by atoms with E-state index in [0.29, 0.717) is 0 Å². The van der Waals surface area contributed by atoms with Crippen LogP contribution in [0.4, 0.5) is 0 Å². The van der Waals surface area contributed by atoms with Crippen LogP contribution in [-0.4, -0.2) is 14.1 Å². The van der Waals surface area contributed by atoms with Crippen molar-refractivity contribution in [2.24, 2.45) is 0 Å². The van der Waals surface area contributed by atoms with Gasteiger partial charge in [-0.25, -0.2) is 0 Å². The van der Waals surface area contributed by atoms with Crippen molar-refractivity contribution in [3.8, 4) is 0 Å². The molecule has 0 bridgehead atoms. The van der Waals surface area contributed by atoms with Gasteiger partial charge in [-0.3, -0.25) is 0 Å². The van der Waals surface area contributed by atoms with Crippen LogP contribution in [0.15, 0.2) is 84.9 Å². The topological polar surface area (TPSA) is 0 Å². The molecule has 0 atom stereocenters. The van der Waals surface area contributed by atoms with Gasteiger partial charge in [0.2, 0.25) is 0 Å². The molecule has 1 heterocycles. The summed E-state index contributed by atoms with van der Waals surface area (Å²) in [7, 11) is -0.702. The van der Waals surface area contributed by atoms with Crippen LogP contribution in [0.5, 0.6) is 0 Å². The molecule has 1 aliphatic heterocycles. The fourth-order valence-electron chi connectivity index (χ4n) is 3.40. The molecule has 24 heavy (non-hydrogen) atoms. The first-order chi connectivity index (χ1) is 11.8. The van der Waals surface area contributed by atoms with Crippen molar-refractivity contribution >= 4 is 30.4 Å². The van der Waals surface area contributed by atoms with E-state index in [1.165, 1.54) is 39.1 Å². The van der Waals surface area contributed by atoms with E-state index in [2.05, 4.69) is 97.5 Å². The molecule has 0 aromatic heterocycles. The molecule has 1 aliphatic rings. The Kier molecular flexibility index (Phi) is 4.10. The minimum atomic E-state index is -0.702. The maximum atomic E-state index is 2.55. The van der Waals surface area contributed by atoms with Gasteiger partial charge in [-0.2, -0.15) is 0 Å². The summed E-state index contributed by atoms with van der Waals surface area (Å²) in [5.41, 5.74) is 9.53. The van der Waals surface area contributed by atoms with Crippen LogP contribution in [-0.2, 0) is 0 Å². The van der Waals surface area contributed by atoms with E-state index < -0.39 is 8.41 Å². The molecular formula is C23H20Si. The van der Waals surface area contributed by atoms with Gasteiger partial charge in [-0.15, -0.1) is 0 Å². The minimum absolute atomic E-state index is 0.702. The first-order valence-electron chi connectivity index (χ1n) is 8.43. The van der Waals surface area contributed by atoms with Crippen molar-refractivity contribution in [3.05, 3.63) is 102 Å². The van der Waals surface area contributed by atoms with E-state index >= 15 is 0 Å². The van der Waals surface area contributed by atoms with Gasteiger partial charge < -0.3 is 0 Å². The number of rotatable bonds is 3. The predicted molar refractivity (Wildman–Crippen MR) is 107 cm³/mol. The molecule has 0 nitrogen and oxygen atoms in total. The molecule has 0 saturated heterocycles. The van der Waals surface area contributed by atoms with Crippen LogP contribution in [0.25, 0.3) is 11.1 Å². The smallest absolute Gasteiger partial charge is 0.0510 e. The highest BCUT2D eigenvalue weighted by Crippen LogP contribution is 2.32. The Morgan fingerprint density at radius 2 is 1.38 bits per heavy atom. The molecule has 3 aromatic carbocycles. The molecule has 0 saturated carbocycles. The van der Waals surface area contributed by atoms with Gasteiger partial charge in [0.1, 0.15) is 0 Å². The lowest BCUT2D eigenvalue weighted by Crippen LogP contribution is -2.21. The summed E-state index contributed by atoms with van der Waals surface area (Å²) in [4.78, 5) is 0. The van der Waals surface area contributed by atoms with Crippen LogP contribution in [0.2, 0.25) is 6.04 Å². The number of aryl methyl sites for hydroxylation is 1. The summed E-state index contributed by atoms with van der Waals surface area (Å²) in [5, 5.41) is 1.51. The molecule has 0 radical (unpaired) electrons. The van der Waals surface area contributed by atoms with Gasteiger partial charge in [0.05, 0.1) is 8.41 Å². The largest absolute Gasteiger partial charge is 0.0689 e. The lowest BCUT2D eigenvalue weighted by molar-refractivity contribution is 1.49. The Labute approximate surface area is 145 Å². The molecule has 0 N–H and O–H groups in total. The van der Waals surface area contributed by atoms with Crippen LogP contribution < -0.4 is 5.19 Å². The molecule has 116 valence electrons. The molecule has 0 amide bonds. The van der Waals surface area contributed by atoms with Crippen LogP contribution in [0, 0.1) is 6.92 Å². The quantitative estimate of drug-likeness (QED) is 0.612. The van der Waals surface area contributed by atoms with Crippen molar-refractivity contribution in [1.29, 1.82) is 0 Å². The fraction of sp³-hybridized carbons (Fsp3) is 0.0870. The molecule has 0 aliphatic carbocycles. The standard InChI is InChI=1S/C23H20Si/c1-18-9-8-14-21(15-18)24-16-22(19-10-4-2-5-11-19)23(17-24)20-12-6-3-7-13-20/h2-16H,17H2,1H3. The average molecular weight is 324 g/mol. The Balaban J connectivity index is 1.82. The molecular weight excluding hydrogens is 304 g/mol. The lowest BCUT2D eigenvalue weighted by Gasteiger charge is -2.09. The second kappa shape index (κ2) is 6.54. The number of benzene rings is 3. The van der Waals surface area contributed by atoms with Crippen molar-refractivity contribution < 1.29 is 0 Å².